The van der Waals surface area contributed by atoms with Crippen LogP contribution in [0.4, 0.5) is 4.79 Å². The molecule has 30 heavy (non-hydrogen) atoms. The largest absolute Gasteiger partial charge is 0.508 e. The molecule has 0 bridgehead atoms. The Morgan fingerprint density at radius 1 is 1.07 bits per heavy atom. The highest BCUT2D eigenvalue weighted by Crippen LogP contribution is 2.38. The lowest BCUT2D eigenvalue weighted by molar-refractivity contribution is -0.138. The second-order valence-corrected chi connectivity index (χ2v) is 6.22. The summed E-state index contributed by atoms with van der Waals surface area (Å²) in [6.07, 6.45) is -1.17. The van der Waals surface area contributed by atoms with Crippen molar-refractivity contribution in [1.82, 2.24) is 5.32 Å². The fourth-order valence-corrected chi connectivity index (χ4v) is 2.58. The summed E-state index contributed by atoms with van der Waals surface area (Å²) in [6, 6.07) is 4.09. The van der Waals surface area contributed by atoms with E-state index in [4.69, 9.17) is 14.3 Å². The van der Waals surface area contributed by atoms with E-state index in [0.717, 1.165) is 24.3 Å². The zero-order valence-electron chi connectivity index (χ0n) is 15.2. The molecule has 6 N–H and O–H groups in total. The number of carboxylic acid groups (broad SMARTS) is 1. The van der Waals surface area contributed by atoms with Gasteiger partial charge in [0.15, 0.2) is 17.3 Å². The van der Waals surface area contributed by atoms with Gasteiger partial charge in [0, 0.05) is 17.7 Å². The molecule has 156 valence electrons. The number of rotatable bonds is 4. The molecule has 11 nitrogen and oxygen atoms in total. The first-order valence-corrected chi connectivity index (χ1v) is 8.34. The second-order valence-electron chi connectivity index (χ2n) is 6.22. The number of hydrogen-bond acceptors (Lipinski definition) is 9. The summed E-state index contributed by atoms with van der Waals surface area (Å²) in [5, 5.41) is 50.0. The van der Waals surface area contributed by atoms with E-state index in [9.17, 15) is 34.8 Å². The summed E-state index contributed by atoms with van der Waals surface area (Å²) in [5.74, 6) is -4.46. The maximum absolute atomic E-state index is 12.4. The average Bonchev–Trinajstić information content (AvgIpc) is 2.65. The molecule has 0 aliphatic heterocycles. The third-order valence-electron chi connectivity index (χ3n) is 4.06. The van der Waals surface area contributed by atoms with E-state index < -0.39 is 52.3 Å². The molecule has 0 aliphatic rings. The van der Waals surface area contributed by atoms with Crippen molar-refractivity contribution in [3.8, 4) is 40.1 Å². The highest BCUT2D eigenvalue weighted by atomic mass is 16.6. The van der Waals surface area contributed by atoms with E-state index in [1.165, 1.54) is 13.0 Å². The molecule has 2 aromatic carbocycles. The van der Waals surface area contributed by atoms with Crippen molar-refractivity contribution in [2.45, 2.75) is 13.0 Å². The Hall–Kier alpha value is -4.41. The standard InChI is InChI=1S/C19H15NO10/c1-7(18(26)27)20-19(28)30-12-4-8(2-3-10(12)22)17-16(25)15(24)14-11(23)5-9(21)6-13(14)29-17/h2-7,21-23,25H,1H3,(H,20,28)(H,26,27)/t7-/m0/s1. The summed E-state index contributed by atoms with van der Waals surface area (Å²) >= 11 is 0. The van der Waals surface area contributed by atoms with E-state index in [1.54, 1.807) is 0 Å². The summed E-state index contributed by atoms with van der Waals surface area (Å²) in [5.41, 5.74) is -1.21. The number of phenols is 3. The van der Waals surface area contributed by atoms with Crippen molar-refractivity contribution in [3.05, 3.63) is 40.6 Å². The molecule has 0 radical (unpaired) electrons. The molecular weight excluding hydrogens is 402 g/mol. The molecule has 0 saturated heterocycles. The monoisotopic (exact) mass is 417 g/mol. The van der Waals surface area contributed by atoms with Gasteiger partial charge in [0.05, 0.1) is 0 Å². The predicted octanol–water partition coefficient (Wildman–Crippen LogP) is 1.84. The molecule has 3 rings (SSSR count). The Bertz CT molecular complexity index is 1230. The lowest BCUT2D eigenvalue weighted by Crippen LogP contribution is -2.39. The molecule has 1 heterocycles. The van der Waals surface area contributed by atoms with Gasteiger partial charge < -0.3 is 40.0 Å². The lowest BCUT2D eigenvalue weighted by Gasteiger charge is -2.12. The number of aromatic hydroxyl groups is 4. The second kappa shape index (κ2) is 7.54. The van der Waals surface area contributed by atoms with Crippen molar-refractivity contribution in [3.63, 3.8) is 0 Å². The molecule has 0 aliphatic carbocycles. The zero-order valence-corrected chi connectivity index (χ0v) is 15.2. The highest BCUT2D eigenvalue weighted by molar-refractivity contribution is 5.88. The molecule has 3 aromatic rings. The van der Waals surface area contributed by atoms with Gasteiger partial charge in [0.25, 0.3) is 0 Å². The van der Waals surface area contributed by atoms with Crippen LogP contribution >= 0.6 is 0 Å². The molecule has 1 atom stereocenters. The molecule has 0 fully saturated rings. The zero-order chi connectivity index (χ0) is 22.2. The SMILES string of the molecule is C[C@H](NC(=O)Oc1cc(-c2oc3cc(O)cc(O)c3c(=O)c2O)ccc1O)C(=O)O. The quantitative estimate of drug-likeness (QED) is 0.366. The van der Waals surface area contributed by atoms with Crippen LogP contribution in [-0.4, -0.2) is 43.6 Å². The molecule has 1 amide bonds. The molecule has 0 unspecified atom stereocenters. The molecule has 11 heteroatoms. The van der Waals surface area contributed by atoms with Crippen molar-refractivity contribution < 1.29 is 44.3 Å². The van der Waals surface area contributed by atoms with Gasteiger partial charge in [-0.05, 0) is 25.1 Å². The van der Waals surface area contributed by atoms with Gasteiger partial charge in [-0.3, -0.25) is 9.59 Å². The number of aliphatic carboxylic acids is 1. The maximum atomic E-state index is 12.4. The summed E-state index contributed by atoms with van der Waals surface area (Å²) in [6.45, 7) is 1.20. The molecule has 0 saturated carbocycles. The number of fused-ring (bicyclic) bond motifs is 1. The van der Waals surface area contributed by atoms with Gasteiger partial charge in [-0.1, -0.05) is 0 Å². The number of carboxylic acids is 1. The van der Waals surface area contributed by atoms with Crippen LogP contribution in [-0.2, 0) is 4.79 Å². The number of amides is 1. The van der Waals surface area contributed by atoms with Gasteiger partial charge in [0.2, 0.25) is 11.2 Å². The topological polar surface area (TPSA) is 187 Å². The Balaban J connectivity index is 2.05. The Morgan fingerprint density at radius 2 is 1.77 bits per heavy atom. The number of nitrogens with one attached hydrogen (secondary N) is 1. The fraction of sp³-hybridized carbons (Fsp3) is 0.105. The van der Waals surface area contributed by atoms with E-state index in [1.807, 2.05) is 5.32 Å². The van der Waals surface area contributed by atoms with Crippen molar-refractivity contribution in [1.29, 1.82) is 0 Å². The number of ether oxygens (including phenoxy) is 1. The minimum atomic E-state index is -1.31. The van der Waals surface area contributed by atoms with Gasteiger partial charge in [-0.2, -0.15) is 0 Å². The Kier molecular flexibility index (Phi) is 5.11. The lowest BCUT2D eigenvalue weighted by atomic mass is 10.1. The van der Waals surface area contributed by atoms with Crippen LogP contribution in [0.3, 0.4) is 0 Å². The van der Waals surface area contributed by atoms with E-state index in [-0.39, 0.29) is 22.3 Å². The van der Waals surface area contributed by atoms with Crippen LogP contribution < -0.4 is 15.5 Å². The number of hydrogen-bond donors (Lipinski definition) is 6. The number of phenolic OH excluding ortho intramolecular Hbond substituents is 3. The molecular formula is C19H15NO10. The van der Waals surface area contributed by atoms with Gasteiger partial charge in [-0.15, -0.1) is 0 Å². The minimum absolute atomic E-state index is 0.00113. The van der Waals surface area contributed by atoms with Crippen LogP contribution in [0, 0.1) is 0 Å². The maximum Gasteiger partial charge on any atom is 0.413 e. The van der Waals surface area contributed by atoms with Crippen molar-refractivity contribution in [2.24, 2.45) is 0 Å². The normalized spacial score (nSPS) is 11.8. The first-order chi connectivity index (χ1) is 14.1. The molecule has 0 spiro atoms. The smallest absolute Gasteiger partial charge is 0.413 e. The Labute approximate surface area is 167 Å². The van der Waals surface area contributed by atoms with Gasteiger partial charge >= 0.3 is 12.1 Å². The molecule has 1 aromatic heterocycles. The van der Waals surface area contributed by atoms with Crippen molar-refractivity contribution in [2.75, 3.05) is 0 Å². The predicted molar refractivity (Wildman–Crippen MR) is 101 cm³/mol. The van der Waals surface area contributed by atoms with E-state index >= 15 is 0 Å². The van der Waals surface area contributed by atoms with E-state index in [0.29, 0.717) is 0 Å². The van der Waals surface area contributed by atoms with Crippen molar-refractivity contribution >= 4 is 23.0 Å². The third-order valence-corrected chi connectivity index (χ3v) is 4.06. The summed E-state index contributed by atoms with van der Waals surface area (Å²) < 4.78 is 10.3. The fourth-order valence-electron chi connectivity index (χ4n) is 2.58. The number of carbonyl (C=O) groups excluding carboxylic acids is 1. The van der Waals surface area contributed by atoms with E-state index in [2.05, 4.69) is 0 Å². The number of benzene rings is 2. The third kappa shape index (κ3) is 3.76. The summed E-state index contributed by atoms with van der Waals surface area (Å²) in [7, 11) is 0. The van der Waals surface area contributed by atoms with Crippen LogP contribution in [0.2, 0.25) is 0 Å². The van der Waals surface area contributed by atoms with Gasteiger partial charge in [0.1, 0.15) is 28.5 Å². The van der Waals surface area contributed by atoms with Crippen LogP contribution in [0.5, 0.6) is 28.7 Å². The minimum Gasteiger partial charge on any atom is -0.508 e. The first-order valence-electron chi connectivity index (χ1n) is 8.34. The number of carbonyl (C=O) groups is 2. The summed E-state index contributed by atoms with van der Waals surface area (Å²) in [4.78, 5) is 35.0. The van der Waals surface area contributed by atoms with Crippen LogP contribution in [0.15, 0.2) is 39.5 Å². The van der Waals surface area contributed by atoms with Gasteiger partial charge in [-0.25, -0.2) is 4.79 Å². The first kappa shape index (κ1) is 20.3. The highest BCUT2D eigenvalue weighted by Gasteiger charge is 2.21. The van der Waals surface area contributed by atoms with Crippen LogP contribution in [0.1, 0.15) is 6.92 Å². The van der Waals surface area contributed by atoms with Crippen LogP contribution in [0.25, 0.3) is 22.3 Å². The average molecular weight is 417 g/mol. The Morgan fingerprint density at radius 3 is 2.43 bits per heavy atom.